The molecule has 4 aromatic rings. The van der Waals surface area contributed by atoms with E-state index in [2.05, 4.69) is 22.3 Å². The lowest BCUT2D eigenvalue weighted by Gasteiger charge is -2.34. The molecule has 5 rings (SSSR count). The average Bonchev–Trinajstić information content (AvgIpc) is 2.92. The lowest BCUT2D eigenvalue weighted by atomic mass is 10.2. The van der Waals surface area contributed by atoms with Crippen LogP contribution in [0.5, 0.6) is 0 Å². The molecule has 10 heteroatoms. The van der Waals surface area contributed by atoms with Crippen molar-refractivity contribution in [3.05, 3.63) is 83.9 Å². The van der Waals surface area contributed by atoms with Gasteiger partial charge >= 0.3 is 0 Å². The fraction of sp³-hybridized carbons (Fsp3) is 0.259. The Balaban J connectivity index is 1.38. The van der Waals surface area contributed by atoms with E-state index < -0.39 is 10.0 Å². The number of aromatic nitrogens is 2. The Labute approximate surface area is 221 Å². The number of para-hydroxylation sites is 1. The van der Waals surface area contributed by atoms with Gasteiger partial charge in [-0.3, -0.25) is 0 Å². The second-order valence-electron chi connectivity index (χ2n) is 8.87. The molecule has 1 aliphatic rings. The lowest BCUT2D eigenvalue weighted by Crippen LogP contribution is -2.48. The van der Waals surface area contributed by atoms with Gasteiger partial charge in [-0.25, -0.2) is 13.4 Å². The highest BCUT2D eigenvalue weighted by Crippen LogP contribution is 2.33. The van der Waals surface area contributed by atoms with Gasteiger partial charge in [0.25, 0.3) is 0 Å². The van der Waals surface area contributed by atoms with E-state index >= 15 is 0 Å². The molecule has 0 saturated carbocycles. The van der Waals surface area contributed by atoms with Crippen molar-refractivity contribution in [3.63, 3.8) is 0 Å². The van der Waals surface area contributed by atoms with Crippen molar-refractivity contribution in [1.29, 1.82) is 0 Å². The molecule has 192 valence electrons. The third-order valence-electron chi connectivity index (χ3n) is 6.36. The SMILES string of the molecule is CS(=O)(=O)N1CCN(c2nc(NCc3ccccc3Sc3ccccc3CO)nc3ccccc23)CC1. The van der Waals surface area contributed by atoms with Crippen molar-refractivity contribution >= 4 is 44.5 Å². The first kappa shape index (κ1) is 25.5. The summed E-state index contributed by atoms with van der Waals surface area (Å²) in [6.45, 7) is 2.52. The number of benzene rings is 3. The number of hydrogen-bond donors (Lipinski definition) is 2. The number of piperazine rings is 1. The van der Waals surface area contributed by atoms with Crippen LogP contribution < -0.4 is 10.2 Å². The summed E-state index contributed by atoms with van der Waals surface area (Å²) in [6.07, 6.45) is 1.25. The third-order valence-corrected chi connectivity index (χ3v) is 8.90. The number of aliphatic hydroxyl groups excluding tert-OH is 1. The monoisotopic (exact) mass is 535 g/mol. The van der Waals surface area contributed by atoms with Crippen LogP contribution in [0.1, 0.15) is 11.1 Å². The minimum absolute atomic E-state index is 0.00422. The lowest BCUT2D eigenvalue weighted by molar-refractivity contribution is 0.279. The number of fused-ring (bicyclic) bond motifs is 1. The van der Waals surface area contributed by atoms with Crippen LogP contribution in [0.2, 0.25) is 0 Å². The predicted octanol–water partition coefficient (Wildman–Crippen LogP) is 3.97. The Morgan fingerprint density at radius 3 is 2.19 bits per heavy atom. The highest BCUT2D eigenvalue weighted by Gasteiger charge is 2.25. The maximum atomic E-state index is 12.0. The highest BCUT2D eigenvalue weighted by molar-refractivity contribution is 7.99. The summed E-state index contributed by atoms with van der Waals surface area (Å²) in [7, 11) is -3.21. The van der Waals surface area contributed by atoms with Gasteiger partial charge in [-0.05, 0) is 35.4 Å². The van der Waals surface area contributed by atoms with E-state index in [1.165, 1.54) is 10.6 Å². The zero-order chi connectivity index (χ0) is 25.8. The van der Waals surface area contributed by atoms with E-state index in [1.807, 2.05) is 60.7 Å². The summed E-state index contributed by atoms with van der Waals surface area (Å²) in [5.74, 6) is 1.33. The molecule has 0 aliphatic carbocycles. The first-order valence-corrected chi connectivity index (χ1v) is 14.7. The number of hydrogen-bond acceptors (Lipinski definition) is 8. The van der Waals surface area contributed by atoms with Gasteiger partial charge in [-0.15, -0.1) is 0 Å². The quantitative estimate of drug-likeness (QED) is 0.350. The molecule has 37 heavy (non-hydrogen) atoms. The van der Waals surface area contributed by atoms with Gasteiger partial charge < -0.3 is 15.3 Å². The first-order chi connectivity index (χ1) is 17.9. The number of anilines is 2. The van der Waals surface area contributed by atoms with Crippen molar-refractivity contribution < 1.29 is 13.5 Å². The molecular formula is C27H29N5O3S2. The Kier molecular flexibility index (Phi) is 7.61. The summed E-state index contributed by atoms with van der Waals surface area (Å²) >= 11 is 1.63. The van der Waals surface area contributed by atoms with Gasteiger partial charge in [0.2, 0.25) is 16.0 Å². The van der Waals surface area contributed by atoms with Crippen LogP contribution in [-0.2, 0) is 23.2 Å². The topological polar surface area (TPSA) is 98.7 Å². The van der Waals surface area contributed by atoms with Crippen LogP contribution in [0.15, 0.2) is 82.6 Å². The summed E-state index contributed by atoms with van der Waals surface area (Å²) < 4.78 is 25.4. The van der Waals surface area contributed by atoms with Crippen LogP contribution in [-0.4, -0.2) is 60.2 Å². The van der Waals surface area contributed by atoms with Crippen LogP contribution in [0, 0.1) is 0 Å². The molecule has 1 fully saturated rings. The van der Waals surface area contributed by atoms with Crippen molar-refractivity contribution in [3.8, 4) is 0 Å². The Hall–Kier alpha value is -3.18. The van der Waals surface area contributed by atoms with E-state index in [0.29, 0.717) is 38.7 Å². The zero-order valence-electron chi connectivity index (χ0n) is 20.5. The smallest absolute Gasteiger partial charge is 0.225 e. The fourth-order valence-corrected chi connectivity index (χ4v) is 6.28. The average molecular weight is 536 g/mol. The van der Waals surface area contributed by atoms with Crippen molar-refractivity contribution in [2.24, 2.45) is 0 Å². The van der Waals surface area contributed by atoms with Crippen molar-refractivity contribution in [2.45, 2.75) is 22.9 Å². The van der Waals surface area contributed by atoms with Crippen molar-refractivity contribution in [1.82, 2.24) is 14.3 Å². The summed E-state index contributed by atoms with van der Waals surface area (Å²) in [5.41, 5.74) is 2.83. The molecule has 3 aromatic carbocycles. The maximum absolute atomic E-state index is 12.0. The maximum Gasteiger partial charge on any atom is 0.225 e. The predicted molar refractivity (Wildman–Crippen MR) is 148 cm³/mol. The summed E-state index contributed by atoms with van der Waals surface area (Å²) in [5, 5.41) is 14.1. The molecule has 1 aliphatic heterocycles. The molecule has 0 unspecified atom stereocenters. The Morgan fingerprint density at radius 2 is 1.49 bits per heavy atom. The number of rotatable bonds is 8. The van der Waals surface area contributed by atoms with E-state index in [0.717, 1.165) is 37.6 Å². The van der Waals surface area contributed by atoms with Gasteiger partial charge in [0.05, 0.1) is 18.4 Å². The highest BCUT2D eigenvalue weighted by atomic mass is 32.2. The number of sulfonamides is 1. The van der Waals surface area contributed by atoms with Gasteiger partial charge in [0, 0.05) is 47.9 Å². The summed E-state index contributed by atoms with van der Waals surface area (Å²) in [4.78, 5) is 13.9. The molecule has 1 aromatic heterocycles. The van der Waals surface area contributed by atoms with Gasteiger partial charge in [-0.1, -0.05) is 60.3 Å². The number of nitrogens with one attached hydrogen (secondary N) is 1. The van der Waals surface area contributed by atoms with E-state index in [9.17, 15) is 13.5 Å². The molecule has 1 saturated heterocycles. The van der Waals surface area contributed by atoms with E-state index in [1.54, 1.807) is 11.8 Å². The van der Waals surface area contributed by atoms with Crippen LogP contribution in [0.25, 0.3) is 10.9 Å². The Morgan fingerprint density at radius 1 is 0.865 bits per heavy atom. The molecule has 8 nitrogen and oxygen atoms in total. The van der Waals surface area contributed by atoms with Crippen LogP contribution in [0.4, 0.5) is 11.8 Å². The first-order valence-electron chi connectivity index (χ1n) is 12.1. The standard InChI is InChI=1S/C27H29N5O3S2/c1-37(34,35)32-16-14-31(15-17-32)26-22-10-4-5-11-23(22)29-27(30-26)28-18-20-8-2-6-12-24(20)36-25-13-7-3-9-21(25)19-33/h2-13,33H,14-19H2,1H3,(H,28,29,30). The molecule has 0 atom stereocenters. The second kappa shape index (κ2) is 11.1. The van der Waals surface area contributed by atoms with Gasteiger partial charge in [0.1, 0.15) is 5.82 Å². The Bertz CT molecular complexity index is 1510. The zero-order valence-corrected chi connectivity index (χ0v) is 22.2. The van der Waals surface area contributed by atoms with E-state index in [-0.39, 0.29) is 6.61 Å². The number of nitrogens with zero attached hydrogens (tertiary/aromatic N) is 4. The molecule has 0 spiro atoms. The molecule has 2 N–H and O–H groups in total. The minimum atomic E-state index is -3.21. The van der Waals surface area contributed by atoms with Crippen LogP contribution in [0.3, 0.4) is 0 Å². The number of aliphatic hydroxyl groups is 1. The van der Waals surface area contributed by atoms with Gasteiger partial charge in [-0.2, -0.15) is 9.29 Å². The molecule has 0 bridgehead atoms. The van der Waals surface area contributed by atoms with Crippen LogP contribution >= 0.6 is 11.8 Å². The fourth-order valence-electron chi connectivity index (χ4n) is 4.39. The van der Waals surface area contributed by atoms with Crippen molar-refractivity contribution in [2.75, 3.05) is 42.7 Å². The second-order valence-corrected chi connectivity index (χ2v) is 11.9. The molecule has 0 radical (unpaired) electrons. The largest absolute Gasteiger partial charge is 0.392 e. The molecule has 2 heterocycles. The van der Waals surface area contributed by atoms with Gasteiger partial charge in [0.15, 0.2) is 0 Å². The summed E-state index contributed by atoms with van der Waals surface area (Å²) in [6, 6.07) is 23.9. The third kappa shape index (κ3) is 5.88. The molecule has 0 amide bonds. The minimum Gasteiger partial charge on any atom is -0.392 e. The normalized spacial score (nSPS) is 14.7. The van der Waals surface area contributed by atoms with E-state index in [4.69, 9.17) is 9.97 Å². The molecular weight excluding hydrogens is 506 g/mol.